The molecule has 6 atom stereocenters. The minimum absolute atomic E-state index is 0.112. The van der Waals surface area contributed by atoms with Crippen molar-refractivity contribution in [3.63, 3.8) is 0 Å². The summed E-state index contributed by atoms with van der Waals surface area (Å²) >= 11 is 0. The summed E-state index contributed by atoms with van der Waals surface area (Å²) in [5.41, 5.74) is 4.28. The topological polar surface area (TPSA) is 93.2 Å². The molecule has 3 aromatic carbocycles. The van der Waals surface area contributed by atoms with E-state index in [4.69, 9.17) is 14.2 Å². The second-order valence-electron chi connectivity index (χ2n) is 16.9. The summed E-state index contributed by atoms with van der Waals surface area (Å²) in [6, 6.07) is 25.0. The van der Waals surface area contributed by atoms with E-state index < -0.39 is 23.9 Å². The Hall–Kier alpha value is -4.17. The van der Waals surface area contributed by atoms with Gasteiger partial charge in [0, 0.05) is 62.4 Å². The second kappa shape index (κ2) is 19.1. The molecule has 13 heteroatoms. The van der Waals surface area contributed by atoms with Crippen molar-refractivity contribution < 1.29 is 32.6 Å². The summed E-state index contributed by atoms with van der Waals surface area (Å²) in [4.78, 5) is 34.8. The number of nitrogens with one attached hydrogen (secondary N) is 1. The Balaban J connectivity index is 0.762. The molecular formula is C48H54F2N4O5S2. The van der Waals surface area contributed by atoms with Crippen molar-refractivity contribution in [2.75, 3.05) is 64.0 Å². The Morgan fingerprint density at radius 2 is 1.49 bits per heavy atom. The zero-order chi connectivity index (χ0) is 41.8. The van der Waals surface area contributed by atoms with Crippen LogP contribution < -0.4 is 10.1 Å². The van der Waals surface area contributed by atoms with E-state index in [1.54, 1.807) is 27.8 Å². The third-order valence-corrected chi connectivity index (χ3v) is 15.6. The molecule has 0 spiro atoms. The maximum absolute atomic E-state index is 15.3. The molecule has 3 fully saturated rings. The van der Waals surface area contributed by atoms with Gasteiger partial charge >= 0.3 is 12.1 Å². The fourth-order valence-electron chi connectivity index (χ4n) is 10.1. The number of fused-ring (bicyclic) bond motifs is 7. The number of carbonyl (C=O) groups excluding carboxylic acids is 2. The first-order valence-electron chi connectivity index (χ1n) is 21.8. The third-order valence-electron chi connectivity index (χ3n) is 13.2. The van der Waals surface area contributed by atoms with E-state index in [2.05, 4.69) is 32.3 Å². The molecule has 1 aliphatic heterocycles. The first-order chi connectivity index (χ1) is 29.9. The smallest absolute Gasteiger partial charge is 0.407 e. The second-order valence-corrected chi connectivity index (χ2v) is 19.6. The molecule has 2 saturated carbocycles. The number of pyridine rings is 1. The van der Waals surface area contributed by atoms with Crippen LogP contribution in [0.2, 0.25) is 0 Å². The van der Waals surface area contributed by atoms with Crippen LogP contribution in [0.4, 0.5) is 13.6 Å². The van der Waals surface area contributed by atoms with Crippen molar-refractivity contribution in [3.05, 3.63) is 119 Å². The number of ether oxygens (including phenoxy) is 3. The third kappa shape index (κ3) is 9.60. The minimum atomic E-state index is -2.75. The monoisotopic (exact) mass is 868 g/mol. The number of esters is 1. The maximum Gasteiger partial charge on any atom is 0.407 e. The SMILES string of the molecule is O=C(CCSSCCNC(=O)OCC1C2CC/C=C\CCC21)O[C@@H](COc1cccc2ncccc12)CN1CCN(C2c3ccccc3[C@@H]3[C@H](c4ccccc42)C3(F)F)CC1. The highest BCUT2D eigenvalue weighted by molar-refractivity contribution is 8.76. The van der Waals surface area contributed by atoms with Gasteiger partial charge in [0.25, 0.3) is 5.92 Å². The molecule has 1 saturated heterocycles. The van der Waals surface area contributed by atoms with Gasteiger partial charge in [-0.1, -0.05) is 88.3 Å². The van der Waals surface area contributed by atoms with Crippen LogP contribution in [0, 0.1) is 17.8 Å². The largest absolute Gasteiger partial charge is 0.489 e. The van der Waals surface area contributed by atoms with Crippen LogP contribution in [0.3, 0.4) is 0 Å². The Morgan fingerprint density at radius 3 is 2.20 bits per heavy atom. The van der Waals surface area contributed by atoms with Crippen LogP contribution in [0.15, 0.2) is 97.2 Å². The lowest BCUT2D eigenvalue weighted by atomic mass is 9.90. The van der Waals surface area contributed by atoms with Crippen LogP contribution >= 0.6 is 21.6 Å². The van der Waals surface area contributed by atoms with E-state index >= 15 is 8.78 Å². The van der Waals surface area contributed by atoms with Gasteiger partial charge in [-0.2, -0.15) is 0 Å². The number of hydrogen-bond acceptors (Lipinski definition) is 10. The molecule has 61 heavy (non-hydrogen) atoms. The normalized spacial score (nSPS) is 26.1. The lowest BCUT2D eigenvalue weighted by Crippen LogP contribution is -2.51. The van der Waals surface area contributed by atoms with E-state index in [1.165, 1.54) is 12.8 Å². The van der Waals surface area contributed by atoms with Crippen LogP contribution in [0.25, 0.3) is 10.9 Å². The van der Waals surface area contributed by atoms with Crippen LogP contribution in [-0.2, 0) is 14.3 Å². The standard InChI is InChI=1S/C48H54F2N4O5S2/c49-48(50)44-35-13-5-7-15-37(35)46(38-16-8-6-14-36(38)45(44)48)54-25-23-53(24-26-54)29-32(30-57-42-19-9-18-41-39(42)17-10-21-51-41)59-43(55)20-27-60-61-28-22-52-47(56)58-31-40-33-11-3-1-2-4-12-34(33)40/h1-2,5-10,13-19,21,32-34,40,44-46H,3-4,11-12,20,22-31H2,(H,52,56)/b2-1-/t32-,33?,34?,40?,44-,45+,46?/m1/s1. The van der Waals surface area contributed by atoms with Crippen LogP contribution in [0.5, 0.6) is 5.75 Å². The molecule has 3 unspecified atom stereocenters. The number of alkyl halides is 2. The Bertz CT molecular complexity index is 2130. The van der Waals surface area contributed by atoms with Gasteiger partial charge in [0.15, 0.2) is 0 Å². The number of rotatable bonds is 16. The molecule has 4 aliphatic carbocycles. The fourth-order valence-corrected chi connectivity index (χ4v) is 12.0. The van der Waals surface area contributed by atoms with Gasteiger partial charge < -0.3 is 19.5 Å². The lowest BCUT2D eigenvalue weighted by Gasteiger charge is -2.41. The van der Waals surface area contributed by atoms with Gasteiger partial charge in [-0.05, 0) is 90.0 Å². The van der Waals surface area contributed by atoms with Gasteiger partial charge in [-0.3, -0.25) is 19.6 Å². The van der Waals surface area contributed by atoms with E-state index in [0.717, 1.165) is 72.2 Å². The fraction of sp³-hybridized carbons (Fsp3) is 0.479. The zero-order valence-corrected chi connectivity index (χ0v) is 36.0. The van der Waals surface area contributed by atoms with E-state index in [9.17, 15) is 9.59 Å². The molecule has 4 aromatic rings. The number of aromatic nitrogens is 1. The van der Waals surface area contributed by atoms with Crippen molar-refractivity contribution in [2.24, 2.45) is 17.8 Å². The van der Waals surface area contributed by atoms with Gasteiger partial charge in [0.05, 0.1) is 36.4 Å². The number of benzene rings is 3. The highest BCUT2D eigenvalue weighted by Gasteiger charge is 2.71. The van der Waals surface area contributed by atoms with Gasteiger partial charge in [-0.25, -0.2) is 13.6 Å². The molecule has 0 radical (unpaired) electrons. The molecule has 2 heterocycles. The van der Waals surface area contributed by atoms with Crippen molar-refractivity contribution >= 4 is 44.6 Å². The molecule has 1 N–H and O–H groups in total. The maximum atomic E-state index is 15.3. The number of alkyl carbamates (subject to hydrolysis) is 1. The summed E-state index contributed by atoms with van der Waals surface area (Å²) in [7, 11) is 3.19. The summed E-state index contributed by atoms with van der Waals surface area (Å²) in [5, 5.41) is 3.75. The zero-order valence-electron chi connectivity index (χ0n) is 34.3. The summed E-state index contributed by atoms with van der Waals surface area (Å²) in [5.74, 6) is -0.759. The Morgan fingerprint density at radius 1 is 0.820 bits per heavy atom. The number of nitrogens with zero attached hydrogens (tertiary/aromatic N) is 3. The van der Waals surface area contributed by atoms with E-state index in [1.807, 2.05) is 78.9 Å². The van der Waals surface area contributed by atoms with E-state index in [0.29, 0.717) is 54.7 Å². The number of piperazine rings is 1. The molecule has 1 amide bonds. The number of allylic oxidation sites excluding steroid dienone is 2. The first-order valence-corrected chi connectivity index (χ1v) is 24.3. The van der Waals surface area contributed by atoms with Crippen LogP contribution in [0.1, 0.15) is 72.2 Å². The highest BCUT2D eigenvalue weighted by atomic mass is 33.1. The molecule has 0 bridgehead atoms. The summed E-state index contributed by atoms with van der Waals surface area (Å²) in [6.07, 6.45) is 10.3. The van der Waals surface area contributed by atoms with Crippen molar-refractivity contribution in [1.29, 1.82) is 0 Å². The average molecular weight is 869 g/mol. The van der Waals surface area contributed by atoms with Gasteiger partial charge in [0.1, 0.15) is 18.5 Å². The Kier molecular flexibility index (Phi) is 13.2. The number of carbonyl (C=O) groups is 2. The number of amides is 1. The molecule has 322 valence electrons. The highest BCUT2D eigenvalue weighted by Crippen LogP contribution is 2.70. The van der Waals surface area contributed by atoms with Gasteiger partial charge in [-0.15, -0.1) is 0 Å². The first kappa shape index (κ1) is 42.1. The molecule has 9 nitrogen and oxygen atoms in total. The van der Waals surface area contributed by atoms with Crippen molar-refractivity contribution in [2.45, 2.75) is 62.0 Å². The van der Waals surface area contributed by atoms with E-state index in [-0.39, 0.29) is 31.1 Å². The van der Waals surface area contributed by atoms with Crippen molar-refractivity contribution in [3.8, 4) is 5.75 Å². The Labute approximate surface area is 364 Å². The average Bonchev–Trinajstić information content (AvgIpc) is 4.12. The molecule has 9 rings (SSSR count). The van der Waals surface area contributed by atoms with Gasteiger partial charge in [0.2, 0.25) is 0 Å². The number of hydrogen-bond donors (Lipinski definition) is 1. The van der Waals surface area contributed by atoms with Crippen LogP contribution in [-0.4, -0.2) is 103 Å². The quantitative estimate of drug-likeness (QED) is 0.0509. The molecule has 5 aliphatic rings. The van der Waals surface area contributed by atoms with Crippen molar-refractivity contribution in [1.82, 2.24) is 20.1 Å². The summed E-state index contributed by atoms with van der Waals surface area (Å²) in [6.45, 7) is 4.60. The number of halogens is 2. The predicted octanol–water partition coefficient (Wildman–Crippen LogP) is 9.25. The molecular weight excluding hydrogens is 815 g/mol. The summed E-state index contributed by atoms with van der Waals surface area (Å²) < 4.78 is 48.6. The minimum Gasteiger partial charge on any atom is -0.489 e. The molecule has 1 aromatic heterocycles. The lowest BCUT2D eigenvalue weighted by molar-refractivity contribution is -0.151. The predicted molar refractivity (Wildman–Crippen MR) is 237 cm³/mol.